The molecule has 260 valence electrons. The molecule has 0 fully saturated rings. The van der Waals surface area contributed by atoms with Gasteiger partial charge in [-0.3, -0.25) is 14.4 Å². The first-order chi connectivity index (χ1) is 23.8. The van der Waals surface area contributed by atoms with Crippen LogP contribution in [0.5, 0.6) is 0 Å². The third-order valence-electron chi connectivity index (χ3n) is 8.40. The molecule has 5 rings (SSSR count). The Kier molecular flexibility index (Phi) is 12.1. The van der Waals surface area contributed by atoms with Gasteiger partial charge in [-0.2, -0.15) is 0 Å². The number of nitrogens with one attached hydrogen (secondary N) is 3. The Labute approximate surface area is 310 Å². The van der Waals surface area contributed by atoms with Crippen molar-refractivity contribution in [2.75, 3.05) is 23.5 Å². The minimum atomic E-state index is -0.587. The Morgan fingerprint density at radius 2 is 1.72 bits per heavy atom. The van der Waals surface area contributed by atoms with E-state index in [4.69, 9.17) is 27.9 Å². The van der Waals surface area contributed by atoms with Crippen molar-refractivity contribution in [1.82, 2.24) is 5.32 Å². The molecule has 3 aromatic carbocycles. The highest BCUT2D eigenvalue weighted by Gasteiger charge is 2.34. The fourth-order valence-electron chi connectivity index (χ4n) is 5.63. The van der Waals surface area contributed by atoms with Gasteiger partial charge < -0.3 is 20.7 Å². The molecular weight excluding hydrogens is 713 g/mol. The van der Waals surface area contributed by atoms with E-state index in [1.165, 1.54) is 36.3 Å². The Balaban J connectivity index is 1.28. The molecule has 0 radical (unpaired) electrons. The number of benzene rings is 3. The number of halogens is 2. The van der Waals surface area contributed by atoms with E-state index in [0.29, 0.717) is 38.3 Å². The summed E-state index contributed by atoms with van der Waals surface area (Å²) in [5.41, 5.74) is 2.78. The number of fused-ring (bicyclic) bond motifs is 1. The fraction of sp³-hybridized carbons (Fsp3) is 0.263. The minimum absolute atomic E-state index is 0.0469. The SMILES string of the molecule is COC(=O)c1c(NC(=O)CSc2cccc(NC(=O)/C(=C\c3cccc(Cl)c3Cl)NC(=O)c3ccccc3)c2)sc2c1CCC(C(C)(C)C)C2. The number of rotatable bonds is 10. The molecule has 1 unspecified atom stereocenters. The average Bonchev–Trinajstić information content (AvgIpc) is 3.45. The number of thiophene rings is 1. The van der Waals surface area contributed by atoms with E-state index in [-0.39, 0.29) is 27.8 Å². The second kappa shape index (κ2) is 16.3. The van der Waals surface area contributed by atoms with Crippen LogP contribution in [0.15, 0.2) is 83.4 Å². The maximum absolute atomic E-state index is 13.6. The number of ether oxygens (including phenoxy) is 1. The van der Waals surface area contributed by atoms with Crippen LogP contribution in [-0.2, 0) is 27.2 Å². The first kappa shape index (κ1) is 37.2. The third-order valence-corrected chi connectivity index (χ3v) is 11.4. The van der Waals surface area contributed by atoms with Crippen molar-refractivity contribution in [1.29, 1.82) is 0 Å². The van der Waals surface area contributed by atoms with Crippen LogP contribution in [0.4, 0.5) is 10.7 Å². The summed E-state index contributed by atoms with van der Waals surface area (Å²) in [6.07, 6.45) is 4.05. The molecule has 3 amide bonds. The lowest BCUT2D eigenvalue weighted by molar-refractivity contribution is -0.114. The lowest BCUT2D eigenvalue weighted by Gasteiger charge is -2.33. The van der Waals surface area contributed by atoms with Crippen LogP contribution in [0.25, 0.3) is 6.08 Å². The summed E-state index contributed by atoms with van der Waals surface area (Å²) in [6, 6.07) is 20.5. The number of hydrogen-bond donors (Lipinski definition) is 3. The maximum atomic E-state index is 13.6. The van der Waals surface area contributed by atoms with Crippen molar-refractivity contribution in [3.8, 4) is 0 Å². The molecule has 0 bridgehead atoms. The van der Waals surface area contributed by atoms with Gasteiger partial charge in [0, 0.05) is 21.0 Å². The van der Waals surface area contributed by atoms with Gasteiger partial charge in [0.1, 0.15) is 10.7 Å². The Hall–Kier alpha value is -4.09. The van der Waals surface area contributed by atoms with Crippen molar-refractivity contribution in [3.63, 3.8) is 0 Å². The molecule has 12 heteroatoms. The second-order valence-corrected chi connectivity index (χ2v) is 15.8. The highest BCUT2D eigenvalue weighted by atomic mass is 35.5. The number of anilines is 2. The Morgan fingerprint density at radius 3 is 2.44 bits per heavy atom. The van der Waals surface area contributed by atoms with Crippen LogP contribution in [0.1, 0.15) is 63.9 Å². The van der Waals surface area contributed by atoms with Gasteiger partial charge in [-0.25, -0.2) is 4.79 Å². The predicted molar refractivity (Wildman–Crippen MR) is 203 cm³/mol. The van der Waals surface area contributed by atoms with Crippen LogP contribution < -0.4 is 16.0 Å². The molecule has 0 saturated heterocycles. The summed E-state index contributed by atoms with van der Waals surface area (Å²) in [6.45, 7) is 6.69. The quantitative estimate of drug-likeness (QED) is 0.0847. The first-order valence-electron chi connectivity index (χ1n) is 15.9. The largest absolute Gasteiger partial charge is 0.465 e. The zero-order valence-corrected chi connectivity index (χ0v) is 31.2. The van der Waals surface area contributed by atoms with Crippen LogP contribution >= 0.6 is 46.3 Å². The van der Waals surface area contributed by atoms with Crippen LogP contribution in [0.3, 0.4) is 0 Å². The molecule has 1 heterocycles. The Morgan fingerprint density at radius 1 is 0.980 bits per heavy atom. The summed E-state index contributed by atoms with van der Waals surface area (Å²) in [4.78, 5) is 54.4. The highest BCUT2D eigenvalue weighted by molar-refractivity contribution is 8.00. The van der Waals surface area contributed by atoms with Crippen LogP contribution in [0, 0.1) is 11.3 Å². The predicted octanol–water partition coefficient (Wildman–Crippen LogP) is 9.13. The maximum Gasteiger partial charge on any atom is 0.341 e. The van der Waals surface area contributed by atoms with Gasteiger partial charge in [0.25, 0.3) is 11.8 Å². The smallest absolute Gasteiger partial charge is 0.341 e. The zero-order valence-electron chi connectivity index (χ0n) is 28.0. The normalized spacial score (nSPS) is 14.4. The van der Waals surface area contributed by atoms with Crippen LogP contribution in [-0.4, -0.2) is 36.6 Å². The average molecular weight is 751 g/mol. The van der Waals surface area contributed by atoms with Crippen molar-refractivity contribution < 1.29 is 23.9 Å². The molecule has 1 aliphatic rings. The van der Waals surface area contributed by atoms with Gasteiger partial charge in [-0.1, -0.05) is 80.4 Å². The van der Waals surface area contributed by atoms with E-state index in [1.807, 2.05) is 6.07 Å². The van der Waals surface area contributed by atoms with Gasteiger partial charge in [0.05, 0.1) is 28.5 Å². The molecule has 0 spiro atoms. The van der Waals surface area contributed by atoms with Gasteiger partial charge >= 0.3 is 5.97 Å². The van der Waals surface area contributed by atoms with Crippen LogP contribution in [0.2, 0.25) is 10.0 Å². The minimum Gasteiger partial charge on any atom is -0.465 e. The van der Waals surface area contributed by atoms with E-state index < -0.39 is 17.8 Å². The monoisotopic (exact) mass is 749 g/mol. The summed E-state index contributed by atoms with van der Waals surface area (Å²) in [5.74, 6) is -1.24. The number of esters is 1. The molecule has 1 aromatic heterocycles. The molecule has 0 saturated carbocycles. The molecule has 3 N–H and O–H groups in total. The molecule has 8 nitrogen and oxygen atoms in total. The standard InChI is InChI=1S/C38H37Cl2N3O5S2/c1-38(2,3)24-16-17-27-30(19-24)50-36(32(27)37(47)48-4)43-31(44)21-49-26-14-9-13-25(20-26)41-35(46)29(18-23-12-8-15-28(39)33(23)40)42-34(45)22-10-6-5-7-11-22/h5-15,18,20,24H,16-17,19,21H2,1-4H3,(H,41,46)(H,42,45)(H,43,44)/b29-18+. The van der Waals surface area contributed by atoms with Crippen molar-refractivity contribution >= 4 is 86.8 Å². The lowest BCUT2D eigenvalue weighted by atomic mass is 9.72. The van der Waals surface area contributed by atoms with Gasteiger partial charge in [-0.05, 0) is 84.2 Å². The molecule has 1 aliphatic carbocycles. The highest BCUT2D eigenvalue weighted by Crippen LogP contribution is 2.44. The summed E-state index contributed by atoms with van der Waals surface area (Å²) in [7, 11) is 1.35. The Bertz CT molecular complexity index is 1950. The fourth-order valence-corrected chi connectivity index (χ4v) is 8.08. The number of carbonyl (C=O) groups excluding carboxylic acids is 4. The third kappa shape index (κ3) is 9.17. The van der Waals surface area contributed by atoms with Gasteiger partial charge in [0.2, 0.25) is 5.91 Å². The summed E-state index contributed by atoms with van der Waals surface area (Å²) < 4.78 is 5.09. The lowest BCUT2D eigenvalue weighted by Crippen LogP contribution is -2.30. The van der Waals surface area contributed by atoms with E-state index in [9.17, 15) is 19.2 Å². The van der Waals surface area contributed by atoms with Crippen molar-refractivity contribution in [2.45, 2.75) is 44.9 Å². The number of thioether (sulfide) groups is 1. The van der Waals surface area contributed by atoms with Crippen molar-refractivity contribution in [3.05, 3.63) is 116 Å². The van der Waals surface area contributed by atoms with E-state index in [2.05, 4.69) is 36.7 Å². The van der Waals surface area contributed by atoms with Gasteiger partial charge in [0.15, 0.2) is 0 Å². The van der Waals surface area contributed by atoms with Gasteiger partial charge in [-0.15, -0.1) is 23.1 Å². The number of hydrogen-bond acceptors (Lipinski definition) is 7. The molecular formula is C38H37Cl2N3O5S2. The summed E-state index contributed by atoms with van der Waals surface area (Å²) in [5, 5.41) is 9.52. The number of amides is 3. The topological polar surface area (TPSA) is 114 Å². The molecule has 1 atom stereocenters. The number of carbonyl (C=O) groups is 4. The zero-order chi connectivity index (χ0) is 36.0. The van der Waals surface area contributed by atoms with E-state index in [0.717, 1.165) is 34.6 Å². The molecule has 50 heavy (non-hydrogen) atoms. The second-order valence-electron chi connectivity index (χ2n) is 12.8. The van der Waals surface area contributed by atoms with E-state index >= 15 is 0 Å². The van der Waals surface area contributed by atoms with Crippen molar-refractivity contribution in [2.24, 2.45) is 11.3 Å². The first-order valence-corrected chi connectivity index (χ1v) is 18.5. The molecule has 4 aromatic rings. The molecule has 0 aliphatic heterocycles. The summed E-state index contributed by atoms with van der Waals surface area (Å²) >= 11 is 15.3. The van der Waals surface area contributed by atoms with E-state index in [1.54, 1.807) is 66.7 Å². The number of methoxy groups -OCH3 is 1.